The van der Waals surface area contributed by atoms with Crippen molar-refractivity contribution >= 4 is 5.69 Å². The maximum atomic E-state index is 11.7. The van der Waals surface area contributed by atoms with Gasteiger partial charge in [-0.15, -0.1) is 0 Å². The summed E-state index contributed by atoms with van der Waals surface area (Å²) >= 11 is 0. The van der Waals surface area contributed by atoms with Crippen LogP contribution in [0.4, 0.5) is 5.69 Å². The second-order valence-corrected chi connectivity index (χ2v) is 4.45. The third-order valence-electron chi connectivity index (χ3n) is 2.98. The SMILES string of the molecule is Cc1ccc(NCCn2c(C)cccc2=O)cc1. The zero-order valence-electron chi connectivity index (χ0n) is 10.8. The molecule has 0 spiro atoms. The Labute approximate surface area is 107 Å². The predicted octanol–water partition coefficient (Wildman–Crippen LogP) is 2.58. The quantitative estimate of drug-likeness (QED) is 0.894. The first-order chi connectivity index (χ1) is 8.66. The number of hydrogen-bond donors (Lipinski definition) is 1. The van der Waals surface area contributed by atoms with Gasteiger partial charge in [-0.3, -0.25) is 4.79 Å². The van der Waals surface area contributed by atoms with Crippen LogP contribution in [0.3, 0.4) is 0 Å². The second kappa shape index (κ2) is 5.54. The molecule has 2 aromatic rings. The van der Waals surface area contributed by atoms with Crippen LogP contribution in [-0.4, -0.2) is 11.1 Å². The number of nitrogens with zero attached hydrogens (tertiary/aromatic N) is 1. The van der Waals surface area contributed by atoms with E-state index in [1.807, 2.05) is 13.0 Å². The Hall–Kier alpha value is -2.03. The second-order valence-electron chi connectivity index (χ2n) is 4.45. The van der Waals surface area contributed by atoms with Crippen LogP contribution >= 0.6 is 0 Å². The number of rotatable bonds is 4. The predicted molar refractivity (Wildman–Crippen MR) is 75.1 cm³/mol. The minimum Gasteiger partial charge on any atom is -0.383 e. The van der Waals surface area contributed by atoms with E-state index in [2.05, 4.69) is 36.5 Å². The number of benzene rings is 1. The summed E-state index contributed by atoms with van der Waals surface area (Å²) < 4.78 is 1.78. The van der Waals surface area contributed by atoms with E-state index in [1.54, 1.807) is 16.7 Å². The van der Waals surface area contributed by atoms with Gasteiger partial charge in [-0.1, -0.05) is 23.8 Å². The monoisotopic (exact) mass is 242 g/mol. The topological polar surface area (TPSA) is 34.0 Å². The molecule has 0 bridgehead atoms. The Morgan fingerprint density at radius 3 is 2.44 bits per heavy atom. The normalized spacial score (nSPS) is 10.3. The molecule has 0 saturated carbocycles. The van der Waals surface area contributed by atoms with Crippen LogP contribution in [-0.2, 0) is 6.54 Å². The Balaban J connectivity index is 1.96. The number of anilines is 1. The highest BCUT2D eigenvalue weighted by atomic mass is 16.1. The van der Waals surface area contributed by atoms with Crippen molar-refractivity contribution in [2.45, 2.75) is 20.4 Å². The summed E-state index contributed by atoms with van der Waals surface area (Å²) in [7, 11) is 0. The van der Waals surface area contributed by atoms with E-state index >= 15 is 0 Å². The summed E-state index contributed by atoms with van der Waals surface area (Å²) in [5.74, 6) is 0. The van der Waals surface area contributed by atoms with Gasteiger partial charge in [0.2, 0.25) is 0 Å². The molecule has 0 aliphatic carbocycles. The maximum Gasteiger partial charge on any atom is 0.250 e. The smallest absolute Gasteiger partial charge is 0.250 e. The van der Waals surface area contributed by atoms with Gasteiger partial charge in [0, 0.05) is 30.5 Å². The maximum absolute atomic E-state index is 11.7. The number of hydrogen-bond acceptors (Lipinski definition) is 2. The summed E-state index contributed by atoms with van der Waals surface area (Å²) in [4.78, 5) is 11.7. The number of aromatic nitrogens is 1. The van der Waals surface area contributed by atoms with Gasteiger partial charge in [0.1, 0.15) is 0 Å². The van der Waals surface area contributed by atoms with Crippen LogP contribution in [0.1, 0.15) is 11.3 Å². The lowest BCUT2D eigenvalue weighted by Gasteiger charge is -2.11. The third-order valence-corrected chi connectivity index (χ3v) is 2.98. The van der Waals surface area contributed by atoms with E-state index in [0.29, 0.717) is 6.54 Å². The fraction of sp³-hybridized carbons (Fsp3) is 0.267. The third kappa shape index (κ3) is 3.00. The number of nitrogens with one attached hydrogen (secondary N) is 1. The fourth-order valence-electron chi connectivity index (χ4n) is 1.89. The molecule has 3 heteroatoms. The van der Waals surface area contributed by atoms with E-state index in [0.717, 1.165) is 17.9 Å². The van der Waals surface area contributed by atoms with Gasteiger partial charge in [0.05, 0.1) is 0 Å². The van der Waals surface area contributed by atoms with Crippen LogP contribution < -0.4 is 10.9 Å². The Morgan fingerprint density at radius 2 is 1.78 bits per heavy atom. The van der Waals surface area contributed by atoms with E-state index in [-0.39, 0.29) is 5.56 Å². The summed E-state index contributed by atoms with van der Waals surface area (Å²) in [5.41, 5.74) is 3.38. The van der Waals surface area contributed by atoms with Crippen molar-refractivity contribution < 1.29 is 0 Å². The largest absolute Gasteiger partial charge is 0.383 e. The molecular formula is C15H18N2O. The first kappa shape index (κ1) is 12.4. The van der Waals surface area contributed by atoms with Crippen LogP contribution in [0, 0.1) is 13.8 Å². The van der Waals surface area contributed by atoms with E-state index in [1.165, 1.54) is 5.56 Å². The average Bonchev–Trinajstić information content (AvgIpc) is 2.35. The molecule has 0 amide bonds. The molecular weight excluding hydrogens is 224 g/mol. The fourth-order valence-corrected chi connectivity index (χ4v) is 1.89. The van der Waals surface area contributed by atoms with Crippen LogP contribution in [0.15, 0.2) is 47.3 Å². The summed E-state index contributed by atoms with van der Waals surface area (Å²) in [6.45, 7) is 5.44. The molecule has 2 rings (SSSR count). The van der Waals surface area contributed by atoms with Gasteiger partial charge < -0.3 is 9.88 Å². The number of aryl methyl sites for hydroxylation is 2. The Kier molecular flexibility index (Phi) is 3.82. The molecule has 1 N–H and O–H groups in total. The molecule has 94 valence electrons. The highest BCUT2D eigenvalue weighted by molar-refractivity contribution is 5.44. The van der Waals surface area contributed by atoms with Gasteiger partial charge >= 0.3 is 0 Å². The molecule has 1 heterocycles. The average molecular weight is 242 g/mol. The molecule has 18 heavy (non-hydrogen) atoms. The molecule has 0 aliphatic rings. The van der Waals surface area contributed by atoms with Gasteiger partial charge in [-0.25, -0.2) is 0 Å². The molecule has 3 nitrogen and oxygen atoms in total. The van der Waals surface area contributed by atoms with Crippen LogP contribution in [0.2, 0.25) is 0 Å². The lowest BCUT2D eigenvalue weighted by atomic mass is 10.2. The first-order valence-corrected chi connectivity index (χ1v) is 6.14. The minimum absolute atomic E-state index is 0.0562. The summed E-state index contributed by atoms with van der Waals surface area (Å²) in [5, 5.41) is 3.32. The molecule has 0 radical (unpaired) electrons. The van der Waals surface area contributed by atoms with Crippen molar-refractivity contribution in [3.63, 3.8) is 0 Å². The molecule has 0 saturated heterocycles. The van der Waals surface area contributed by atoms with Crippen LogP contribution in [0.5, 0.6) is 0 Å². The van der Waals surface area contributed by atoms with Crippen molar-refractivity contribution in [3.05, 3.63) is 64.1 Å². The highest BCUT2D eigenvalue weighted by Gasteiger charge is 1.98. The van der Waals surface area contributed by atoms with Gasteiger partial charge in [-0.05, 0) is 32.0 Å². The van der Waals surface area contributed by atoms with Gasteiger partial charge in [0.15, 0.2) is 0 Å². The molecule has 1 aromatic carbocycles. The molecule has 0 unspecified atom stereocenters. The molecule has 0 aliphatic heterocycles. The van der Waals surface area contributed by atoms with Crippen LogP contribution in [0.25, 0.3) is 0 Å². The lowest BCUT2D eigenvalue weighted by Crippen LogP contribution is -2.24. The van der Waals surface area contributed by atoms with Gasteiger partial charge in [0.25, 0.3) is 5.56 Å². The standard InChI is InChI=1S/C15H18N2O/c1-12-6-8-14(9-7-12)16-10-11-17-13(2)4-3-5-15(17)18/h3-9,16H,10-11H2,1-2H3. The van der Waals surface area contributed by atoms with Crippen molar-refractivity contribution in [1.29, 1.82) is 0 Å². The number of pyridine rings is 1. The molecule has 1 aromatic heterocycles. The molecule has 0 fully saturated rings. The van der Waals surface area contributed by atoms with Crippen molar-refractivity contribution in [2.24, 2.45) is 0 Å². The van der Waals surface area contributed by atoms with Crippen molar-refractivity contribution in [3.8, 4) is 0 Å². The Morgan fingerprint density at radius 1 is 1.06 bits per heavy atom. The van der Waals surface area contributed by atoms with Gasteiger partial charge in [-0.2, -0.15) is 0 Å². The zero-order chi connectivity index (χ0) is 13.0. The van der Waals surface area contributed by atoms with E-state index < -0.39 is 0 Å². The molecule has 0 atom stereocenters. The van der Waals surface area contributed by atoms with E-state index in [4.69, 9.17) is 0 Å². The Bertz CT molecular complexity index is 570. The summed E-state index contributed by atoms with van der Waals surface area (Å²) in [6, 6.07) is 13.6. The minimum atomic E-state index is 0.0562. The zero-order valence-corrected chi connectivity index (χ0v) is 10.8. The highest BCUT2D eigenvalue weighted by Crippen LogP contribution is 2.08. The lowest BCUT2D eigenvalue weighted by molar-refractivity contribution is 0.675. The van der Waals surface area contributed by atoms with Crippen molar-refractivity contribution in [1.82, 2.24) is 4.57 Å². The summed E-state index contributed by atoms with van der Waals surface area (Å²) in [6.07, 6.45) is 0. The van der Waals surface area contributed by atoms with Crippen molar-refractivity contribution in [2.75, 3.05) is 11.9 Å². The van der Waals surface area contributed by atoms with E-state index in [9.17, 15) is 4.79 Å². The first-order valence-electron chi connectivity index (χ1n) is 6.14.